The van der Waals surface area contributed by atoms with E-state index in [2.05, 4.69) is 0 Å². The molecule has 202 valence electrons. The minimum absolute atomic E-state index is 0.0398. The molecule has 12 heteroatoms. The van der Waals surface area contributed by atoms with Crippen LogP contribution in [0.1, 0.15) is 24.3 Å². The van der Waals surface area contributed by atoms with E-state index in [0.717, 1.165) is 17.0 Å². The van der Waals surface area contributed by atoms with Crippen LogP contribution in [0.25, 0.3) is 0 Å². The molecule has 0 radical (unpaired) electrons. The van der Waals surface area contributed by atoms with Gasteiger partial charge in [-0.15, -0.1) is 23.2 Å². The smallest absolute Gasteiger partial charge is 0.258 e. The fraction of sp³-hybridized carbons (Fsp3) is 0.333. The van der Waals surface area contributed by atoms with Gasteiger partial charge in [0.15, 0.2) is 9.75 Å². The number of anilines is 1. The standard InChI is InChI=1S/C27H21Cl2FN2O7/c1-39-14-6-9-19(33)17(10-14)21-15-7-8-16-20(23(35)32(38)22(16)34)18(15)11-26(28)24(36)31(25(37)27(21,26)29)13-4-2-12(30)3-5-13/h2-7,9-10,16,18,20-21,33,38H,8,11H2,1H3. The summed E-state index contributed by atoms with van der Waals surface area (Å²) in [6, 6.07) is 8.95. The number of allylic oxidation sites excluding steroid dienone is 2. The number of hydrogen-bond acceptors (Lipinski definition) is 7. The molecule has 6 rings (SSSR count). The average molecular weight is 575 g/mol. The summed E-state index contributed by atoms with van der Waals surface area (Å²) in [5, 5.41) is 21.2. The zero-order valence-electron chi connectivity index (χ0n) is 20.3. The third-order valence-corrected chi connectivity index (χ3v) is 9.83. The Hall–Kier alpha value is -3.47. The van der Waals surface area contributed by atoms with E-state index in [1.54, 1.807) is 6.08 Å². The molecule has 0 spiro atoms. The summed E-state index contributed by atoms with van der Waals surface area (Å²) >= 11 is 14.3. The number of nitrogens with zero attached hydrogens (tertiary/aromatic N) is 2. The molecule has 39 heavy (non-hydrogen) atoms. The second-order valence-electron chi connectivity index (χ2n) is 10.2. The predicted molar refractivity (Wildman–Crippen MR) is 135 cm³/mol. The second-order valence-corrected chi connectivity index (χ2v) is 11.4. The van der Waals surface area contributed by atoms with E-state index >= 15 is 0 Å². The molecule has 2 N–H and O–H groups in total. The number of halogens is 3. The number of phenolic OH excluding ortho intramolecular Hbond substituents is 1. The molecule has 2 aromatic rings. The number of ether oxygens (including phenoxy) is 1. The number of benzene rings is 2. The highest BCUT2D eigenvalue weighted by atomic mass is 35.5. The van der Waals surface area contributed by atoms with Gasteiger partial charge in [-0.25, -0.2) is 9.29 Å². The van der Waals surface area contributed by atoms with Crippen molar-refractivity contribution in [3.05, 3.63) is 65.5 Å². The first kappa shape index (κ1) is 25.8. The Labute approximate surface area is 231 Å². The first-order valence-electron chi connectivity index (χ1n) is 12.1. The molecule has 2 aromatic carbocycles. The molecule has 2 aliphatic carbocycles. The predicted octanol–water partition coefficient (Wildman–Crippen LogP) is 3.49. The van der Waals surface area contributed by atoms with Crippen LogP contribution in [0.3, 0.4) is 0 Å². The van der Waals surface area contributed by atoms with Crippen LogP contribution in [0.5, 0.6) is 11.5 Å². The molecule has 1 saturated carbocycles. The Morgan fingerprint density at radius 3 is 2.36 bits per heavy atom. The monoisotopic (exact) mass is 574 g/mol. The molecular weight excluding hydrogens is 554 g/mol. The molecule has 2 heterocycles. The van der Waals surface area contributed by atoms with Gasteiger partial charge in [-0.05, 0) is 61.2 Å². The van der Waals surface area contributed by atoms with Crippen LogP contribution in [0.15, 0.2) is 54.1 Å². The van der Waals surface area contributed by atoms with E-state index in [-0.39, 0.29) is 34.9 Å². The van der Waals surface area contributed by atoms with Gasteiger partial charge in [0.1, 0.15) is 17.3 Å². The van der Waals surface area contributed by atoms with E-state index in [0.29, 0.717) is 11.3 Å². The summed E-state index contributed by atoms with van der Waals surface area (Å²) in [5.74, 6) is -7.97. The van der Waals surface area contributed by atoms with Gasteiger partial charge in [-0.1, -0.05) is 11.6 Å². The molecule has 2 aliphatic heterocycles. The molecule has 4 aliphatic rings. The number of aromatic hydroxyl groups is 1. The quantitative estimate of drug-likeness (QED) is 0.249. The minimum Gasteiger partial charge on any atom is -0.508 e. The number of carbonyl (C=O) groups is 4. The third kappa shape index (κ3) is 3.22. The highest BCUT2D eigenvalue weighted by Crippen LogP contribution is 2.66. The number of fused-ring (bicyclic) bond motifs is 4. The largest absolute Gasteiger partial charge is 0.508 e. The maximum Gasteiger partial charge on any atom is 0.258 e. The number of alkyl halides is 2. The number of methoxy groups -OCH3 is 1. The summed E-state index contributed by atoms with van der Waals surface area (Å²) in [5.41, 5.74) is 0.603. The fourth-order valence-electron chi connectivity index (χ4n) is 6.62. The maximum atomic E-state index is 14.2. The first-order valence-corrected chi connectivity index (χ1v) is 12.9. The number of phenols is 1. The first-order chi connectivity index (χ1) is 18.5. The third-order valence-electron chi connectivity index (χ3n) is 8.42. The van der Waals surface area contributed by atoms with Crippen molar-refractivity contribution in [3.8, 4) is 11.5 Å². The highest BCUT2D eigenvalue weighted by molar-refractivity contribution is 6.58. The molecule has 0 aromatic heterocycles. The van der Waals surface area contributed by atoms with Crippen LogP contribution in [-0.2, 0) is 19.2 Å². The minimum atomic E-state index is -2.19. The van der Waals surface area contributed by atoms with Crippen molar-refractivity contribution < 1.29 is 38.6 Å². The number of imide groups is 2. The molecule has 2 saturated heterocycles. The van der Waals surface area contributed by atoms with Crippen molar-refractivity contribution >= 4 is 52.5 Å². The van der Waals surface area contributed by atoms with Crippen molar-refractivity contribution in [1.82, 2.24) is 5.06 Å². The van der Waals surface area contributed by atoms with E-state index in [1.807, 2.05) is 0 Å². The van der Waals surface area contributed by atoms with Gasteiger partial charge in [0.05, 0.1) is 24.6 Å². The number of hydrogen-bond donors (Lipinski definition) is 2. The molecule has 4 amide bonds. The lowest BCUT2D eigenvalue weighted by Crippen LogP contribution is -2.60. The summed E-state index contributed by atoms with van der Waals surface area (Å²) in [6.45, 7) is 0. The lowest BCUT2D eigenvalue weighted by molar-refractivity contribution is -0.173. The van der Waals surface area contributed by atoms with E-state index in [1.165, 1.54) is 37.4 Å². The normalized spacial score (nSPS) is 33.6. The van der Waals surface area contributed by atoms with E-state index in [9.17, 15) is 33.9 Å². The molecular formula is C27H21Cl2FN2O7. The molecule has 3 fully saturated rings. The van der Waals surface area contributed by atoms with Crippen molar-refractivity contribution in [2.45, 2.75) is 28.5 Å². The van der Waals surface area contributed by atoms with Gasteiger partial charge in [0.2, 0.25) is 0 Å². The maximum absolute atomic E-state index is 14.2. The molecule has 6 unspecified atom stereocenters. The Kier molecular flexibility index (Phi) is 5.63. The number of amides is 4. The molecule has 9 nitrogen and oxygen atoms in total. The van der Waals surface area contributed by atoms with Gasteiger partial charge in [-0.3, -0.25) is 24.4 Å². The lowest BCUT2D eigenvalue weighted by Gasteiger charge is -2.50. The van der Waals surface area contributed by atoms with Crippen molar-refractivity contribution in [3.63, 3.8) is 0 Å². The Bertz CT molecular complexity index is 1500. The summed E-state index contributed by atoms with van der Waals surface area (Å²) in [6.07, 6.45) is 1.42. The van der Waals surface area contributed by atoms with Crippen LogP contribution in [0, 0.1) is 23.6 Å². The van der Waals surface area contributed by atoms with Crippen molar-refractivity contribution in [2.24, 2.45) is 17.8 Å². The van der Waals surface area contributed by atoms with E-state index in [4.69, 9.17) is 27.9 Å². The van der Waals surface area contributed by atoms with E-state index < -0.39 is 62.9 Å². The Morgan fingerprint density at radius 1 is 1.00 bits per heavy atom. The topological polar surface area (TPSA) is 124 Å². The van der Waals surface area contributed by atoms with Crippen molar-refractivity contribution in [2.75, 3.05) is 12.0 Å². The zero-order valence-corrected chi connectivity index (χ0v) is 21.8. The van der Waals surface area contributed by atoms with Gasteiger partial charge in [0, 0.05) is 11.5 Å². The van der Waals surface area contributed by atoms with Crippen LogP contribution in [0.2, 0.25) is 0 Å². The summed E-state index contributed by atoms with van der Waals surface area (Å²) in [7, 11) is 1.41. The van der Waals surface area contributed by atoms with Crippen LogP contribution >= 0.6 is 23.2 Å². The Balaban J connectivity index is 1.60. The van der Waals surface area contributed by atoms with Crippen molar-refractivity contribution in [1.29, 1.82) is 0 Å². The summed E-state index contributed by atoms with van der Waals surface area (Å²) in [4.78, 5) is 50.3. The second kappa shape index (κ2) is 8.51. The zero-order chi connectivity index (χ0) is 28.0. The van der Waals surface area contributed by atoms with Gasteiger partial charge >= 0.3 is 0 Å². The number of rotatable bonds is 3. The Morgan fingerprint density at radius 2 is 1.69 bits per heavy atom. The van der Waals surface area contributed by atoms with Crippen LogP contribution in [0.4, 0.5) is 10.1 Å². The van der Waals surface area contributed by atoms with Gasteiger partial charge in [-0.2, -0.15) is 5.06 Å². The number of carbonyl (C=O) groups excluding carboxylic acids is 4. The van der Waals surface area contributed by atoms with Crippen LogP contribution < -0.4 is 9.64 Å². The molecule has 6 atom stereocenters. The highest BCUT2D eigenvalue weighted by Gasteiger charge is 2.77. The average Bonchev–Trinajstić information content (AvgIpc) is 3.23. The van der Waals surface area contributed by atoms with Crippen LogP contribution in [-0.4, -0.2) is 55.9 Å². The SMILES string of the molecule is COc1ccc(O)c(C2C3=CCC4C(=O)N(O)C(=O)C4C3CC3(Cl)C(=O)N(c4ccc(F)cc4)C(=O)C23Cl)c1. The lowest BCUT2D eigenvalue weighted by atomic mass is 9.56. The van der Waals surface area contributed by atoms with Gasteiger partial charge in [0.25, 0.3) is 23.6 Å². The molecule has 0 bridgehead atoms. The van der Waals surface area contributed by atoms with Gasteiger partial charge < -0.3 is 9.84 Å². The fourth-order valence-corrected chi connectivity index (χ4v) is 7.55. The number of hydroxylamine groups is 2. The summed E-state index contributed by atoms with van der Waals surface area (Å²) < 4.78 is 19.0.